The summed E-state index contributed by atoms with van der Waals surface area (Å²) in [5.74, 6) is 0. The summed E-state index contributed by atoms with van der Waals surface area (Å²) in [6.45, 7) is 1.98. The Morgan fingerprint density at radius 2 is 2.13 bits per heavy atom. The maximum Gasteiger partial charge on any atom is 0.107 e. The highest BCUT2D eigenvalue weighted by Gasteiger charge is 2.13. The van der Waals surface area contributed by atoms with Gasteiger partial charge in [-0.25, -0.2) is 0 Å². The highest BCUT2D eigenvalue weighted by molar-refractivity contribution is 9.10. The first kappa shape index (κ1) is 10.5. The number of hydrogen-bond donors (Lipinski definition) is 1. The van der Waals surface area contributed by atoms with Crippen molar-refractivity contribution in [2.45, 2.75) is 13.0 Å². The van der Waals surface area contributed by atoms with Gasteiger partial charge >= 0.3 is 0 Å². The van der Waals surface area contributed by atoms with Crippen molar-refractivity contribution in [2.24, 2.45) is 0 Å². The number of aliphatic hydroxyl groups excluding tert-OH is 1. The highest BCUT2D eigenvalue weighted by Crippen LogP contribution is 2.26. The number of rotatable bonds is 2. The number of aliphatic hydroxyl groups is 1. The van der Waals surface area contributed by atoms with Crippen molar-refractivity contribution >= 4 is 15.9 Å². The van der Waals surface area contributed by atoms with Crippen molar-refractivity contribution in [3.05, 3.63) is 58.0 Å². The molecule has 0 radical (unpaired) electrons. The van der Waals surface area contributed by atoms with Crippen LogP contribution in [0.1, 0.15) is 22.8 Å². The zero-order chi connectivity index (χ0) is 10.8. The normalized spacial score (nSPS) is 12.7. The van der Waals surface area contributed by atoms with Gasteiger partial charge in [0.05, 0.1) is 12.5 Å². The molecule has 1 aromatic heterocycles. The van der Waals surface area contributed by atoms with E-state index in [9.17, 15) is 5.11 Å². The summed E-state index contributed by atoms with van der Waals surface area (Å²) in [5.41, 5.74) is 2.73. The smallest absolute Gasteiger partial charge is 0.107 e. The molecule has 1 aromatic carbocycles. The molecule has 15 heavy (non-hydrogen) atoms. The lowest BCUT2D eigenvalue weighted by Gasteiger charge is -2.12. The monoisotopic (exact) mass is 266 g/mol. The minimum absolute atomic E-state index is 0.614. The minimum Gasteiger partial charge on any atom is -0.472 e. The highest BCUT2D eigenvalue weighted by atomic mass is 79.9. The van der Waals surface area contributed by atoms with E-state index in [0.29, 0.717) is 0 Å². The third-order valence-electron chi connectivity index (χ3n) is 2.39. The van der Waals surface area contributed by atoms with E-state index in [0.717, 1.165) is 21.2 Å². The molecule has 78 valence electrons. The Morgan fingerprint density at radius 1 is 1.33 bits per heavy atom. The molecule has 0 amide bonds. The van der Waals surface area contributed by atoms with Crippen LogP contribution in [0.3, 0.4) is 0 Å². The van der Waals surface area contributed by atoms with Crippen LogP contribution in [0.4, 0.5) is 0 Å². The van der Waals surface area contributed by atoms with E-state index in [2.05, 4.69) is 15.9 Å². The molecule has 1 N–H and O–H groups in total. The van der Waals surface area contributed by atoms with Crippen molar-refractivity contribution in [3.8, 4) is 0 Å². The van der Waals surface area contributed by atoms with E-state index >= 15 is 0 Å². The van der Waals surface area contributed by atoms with Gasteiger partial charge in [-0.3, -0.25) is 0 Å². The molecular formula is C12H11BrO2. The molecule has 2 rings (SSSR count). The number of hydrogen-bond acceptors (Lipinski definition) is 2. The second-order valence-electron chi connectivity index (χ2n) is 3.46. The molecule has 2 aromatic rings. The lowest BCUT2D eigenvalue weighted by Crippen LogP contribution is -2.00. The van der Waals surface area contributed by atoms with Gasteiger partial charge in [-0.15, -0.1) is 0 Å². The van der Waals surface area contributed by atoms with E-state index in [4.69, 9.17) is 4.42 Å². The third kappa shape index (κ3) is 2.13. The Morgan fingerprint density at radius 3 is 2.73 bits per heavy atom. The molecule has 0 aliphatic heterocycles. The van der Waals surface area contributed by atoms with Gasteiger partial charge in [0.1, 0.15) is 6.10 Å². The van der Waals surface area contributed by atoms with E-state index in [1.165, 1.54) is 0 Å². The molecule has 3 heteroatoms. The summed E-state index contributed by atoms with van der Waals surface area (Å²) in [7, 11) is 0. The van der Waals surface area contributed by atoms with Gasteiger partial charge in [0.25, 0.3) is 0 Å². The quantitative estimate of drug-likeness (QED) is 0.904. The lowest BCUT2D eigenvalue weighted by atomic mass is 10.00. The van der Waals surface area contributed by atoms with Crippen LogP contribution in [0, 0.1) is 6.92 Å². The zero-order valence-electron chi connectivity index (χ0n) is 8.27. The molecular weight excluding hydrogens is 256 g/mol. The Balaban J connectivity index is 2.38. The van der Waals surface area contributed by atoms with Crippen molar-refractivity contribution < 1.29 is 9.52 Å². The van der Waals surface area contributed by atoms with Crippen LogP contribution >= 0.6 is 15.9 Å². The summed E-state index contributed by atoms with van der Waals surface area (Å²) < 4.78 is 5.97. The average molecular weight is 267 g/mol. The standard InChI is InChI=1S/C12H11BrO2/c1-8-6-10(13)2-3-11(8)12(14)9-4-5-15-7-9/h2-7,12,14H,1H3. The summed E-state index contributed by atoms with van der Waals surface area (Å²) >= 11 is 3.39. The van der Waals surface area contributed by atoms with Crippen LogP contribution < -0.4 is 0 Å². The first-order chi connectivity index (χ1) is 7.18. The Kier molecular flexibility index (Phi) is 2.93. The molecule has 0 spiro atoms. The Bertz CT molecular complexity index is 449. The summed E-state index contributed by atoms with van der Waals surface area (Å²) in [6.07, 6.45) is 2.51. The number of furan rings is 1. The van der Waals surface area contributed by atoms with E-state index in [1.807, 2.05) is 25.1 Å². The summed E-state index contributed by atoms with van der Waals surface area (Å²) in [5, 5.41) is 10.1. The average Bonchev–Trinajstić information content (AvgIpc) is 2.69. The molecule has 0 aliphatic rings. The fourth-order valence-electron chi connectivity index (χ4n) is 1.56. The fourth-order valence-corrected chi connectivity index (χ4v) is 2.03. The third-order valence-corrected chi connectivity index (χ3v) is 2.88. The second-order valence-corrected chi connectivity index (χ2v) is 4.38. The van der Waals surface area contributed by atoms with Gasteiger partial charge < -0.3 is 9.52 Å². The predicted molar refractivity (Wildman–Crippen MR) is 61.6 cm³/mol. The van der Waals surface area contributed by atoms with Gasteiger partial charge in [-0.05, 0) is 36.2 Å². The Labute approximate surface area is 96.7 Å². The van der Waals surface area contributed by atoms with Crippen LogP contribution in [0.15, 0.2) is 45.7 Å². The molecule has 0 bridgehead atoms. The number of halogens is 1. The zero-order valence-corrected chi connectivity index (χ0v) is 9.86. The summed E-state index contributed by atoms with van der Waals surface area (Å²) in [6, 6.07) is 7.59. The maximum atomic E-state index is 10.1. The van der Waals surface area contributed by atoms with Crippen molar-refractivity contribution in [2.75, 3.05) is 0 Å². The molecule has 1 heterocycles. The van der Waals surface area contributed by atoms with E-state index < -0.39 is 6.10 Å². The molecule has 0 fully saturated rings. The second kappa shape index (κ2) is 4.21. The van der Waals surface area contributed by atoms with Gasteiger partial charge in [0, 0.05) is 10.0 Å². The van der Waals surface area contributed by atoms with Crippen LogP contribution in [-0.2, 0) is 0 Å². The van der Waals surface area contributed by atoms with Crippen molar-refractivity contribution in [1.29, 1.82) is 0 Å². The van der Waals surface area contributed by atoms with Crippen molar-refractivity contribution in [3.63, 3.8) is 0 Å². The summed E-state index contributed by atoms with van der Waals surface area (Å²) in [4.78, 5) is 0. The predicted octanol–water partition coefficient (Wildman–Crippen LogP) is 3.43. The maximum absolute atomic E-state index is 10.1. The molecule has 1 atom stereocenters. The fraction of sp³-hybridized carbons (Fsp3) is 0.167. The molecule has 2 nitrogen and oxygen atoms in total. The largest absolute Gasteiger partial charge is 0.472 e. The van der Waals surface area contributed by atoms with Crippen LogP contribution in [0.2, 0.25) is 0 Å². The first-order valence-corrected chi connectivity index (χ1v) is 5.44. The van der Waals surface area contributed by atoms with Crippen LogP contribution in [-0.4, -0.2) is 5.11 Å². The molecule has 0 saturated carbocycles. The van der Waals surface area contributed by atoms with Crippen LogP contribution in [0.25, 0.3) is 0 Å². The number of benzene rings is 1. The number of aryl methyl sites for hydroxylation is 1. The topological polar surface area (TPSA) is 33.4 Å². The Hall–Kier alpha value is -1.06. The lowest BCUT2D eigenvalue weighted by molar-refractivity contribution is 0.218. The van der Waals surface area contributed by atoms with Crippen molar-refractivity contribution in [1.82, 2.24) is 0 Å². The first-order valence-electron chi connectivity index (χ1n) is 4.64. The molecule has 0 saturated heterocycles. The van der Waals surface area contributed by atoms with Gasteiger partial charge in [-0.2, -0.15) is 0 Å². The van der Waals surface area contributed by atoms with Gasteiger partial charge in [0.15, 0.2) is 0 Å². The van der Waals surface area contributed by atoms with Gasteiger partial charge in [0.2, 0.25) is 0 Å². The van der Waals surface area contributed by atoms with Crippen LogP contribution in [0.5, 0.6) is 0 Å². The van der Waals surface area contributed by atoms with E-state index in [-0.39, 0.29) is 0 Å². The minimum atomic E-state index is -0.614. The molecule has 0 aliphatic carbocycles. The SMILES string of the molecule is Cc1cc(Br)ccc1C(O)c1ccoc1. The van der Waals surface area contributed by atoms with Gasteiger partial charge in [-0.1, -0.05) is 22.0 Å². The molecule has 1 unspecified atom stereocenters. The van der Waals surface area contributed by atoms with E-state index in [1.54, 1.807) is 18.6 Å².